The number of hydrogen-bond acceptors (Lipinski definition) is 7. The largest absolute Gasteiger partial charge is 0.364 e. The van der Waals surface area contributed by atoms with Gasteiger partial charge in [0.2, 0.25) is 0 Å². The Morgan fingerprint density at radius 1 is 1.15 bits per heavy atom. The number of nitrogens with one attached hydrogen (secondary N) is 1. The van der Waals surface area contributed by atoms with Crippen LogP contribution < -0.4 is 16.0 Å². The standard InChI is InChI=1S/C17H21N5O3S/c1-26(24,25)13-7-5-12(6-8-13)20-17-15(16(18)23)19-11-14(21-17)22-9-3-2-4-10-22/h5-8,11H,2-4,9-10H2,1H3,(H2,18,23)(H,20,21). The molecule has 1 amide bonds. The highest BCUT2D eigenvalue weighted by molar-refractivity contribution is 7.90. The first-order valence-electron chi connectivity index (χ1n) is 8.33. The summed E-state index contributed by atoms with van der Waals surface area (Å²) in [6, 6.07) is 6.19. The third-order valence-corrected chi connectivity index (χ3v) is 5.35. The molecule has 0 radical (unpaired) electrons. The third-order valence-electron chi connectivity index (χ3n) is 4.22. The van der Waals surface area contributed by atoms with Crippen molar-refractivity contribution in [2.24, 2.45) is 5.73 Å². The number of primary amides is 1. The van der Waals surface area contributed by atoms with Gasteiger partial charge < -0.3 is 16.0 Å². The first-order chi connectivity index (χ1) is 12.3. The van der Waals surface area contributed by atoms with Crippen molar-refractivity contribution in [3.63, 3.8) is 0 Å². The molecule has 3 rings (SSSR count). The van der Waals surface area contributed by atoms with Gasteiger partial charge in [0.15, 0.2) is 21.3 Å². The normalized spacial score (nSPS) is 14.9. The minimum atomic E-state index is -3.27. The highest BCUT2D eigenvalue weighted by Gasteiger charge is 2.18. The molecule has 1 aromatic heterocycles. The smallest absolute Gasteiger partial charge is 0.271 e. The van der Waals surface area contributed by atoms with Gasteiger partial charge in [0, 0.05) is 25.0 Å². The van der Waals surface area contributed by atoms with Gasteiger partial charge in [0.1, 0.15) is 5.82 Å². The number of hydrogen-bond donors (Lipinski definition) is 2. The number of carbonyl (C=O) groups is 1. The summed E-state index contributed by atoms with van der Waals surface area (Å²) in [5, 5.41) is 3.02. The monoisotopic (exact) mass is 375 g/mol. The predicted octanol–water partition coefficient (Wildman–Crippen LogP) is 1.71. The molecule has 2 heterocycles. The highest BCUT2D eigenvalue weighted by atomic mass is 32.2. The van der Waals surface area contributed by atoms with Gasteiger partial charge in [-0.2, -0.15) is 0 Å². The summed E-state index contributed by atoms with van der Waals surface area (Å²) in [6.07, 6.45) is 6.09. The zero-order valence-corrected chi connectivity index (χ0v) is 15.3. The van der Waals surface area contributed by atoms with Gasteiger partial charge in [0.05, 0.1) is 11.1 Å². The third kappa shape index (κ3) is 4.10. The lowest BCUT2D eigenvalue weighted by Crippen LogP contribution is -2.31. The van der Waals surface area contributed by atoms with Crippen LogP contribution in [0.5, 0.6) is 0 Å². The molecule has 0 spiro atoms. The zero-order valence-electron chi connectivity index (χ0n) is 14.5. The van der Waals surface area contributed by atoms with Crippen molar-refractivity contribution in [3.05, 3.63) is 36.2 Å². The first-order valence-corrected chi connectivity index (χ1v) is 10.2. The molecule has 1 aromatic carbocycles. The van der Waals surface area contributed by atoms with E-state index in [1.807, 2.05) is 0 Å². The Morgan fingerprint density at radius 2 is 1.81 bits per heavy atom. The average molecular weight is 375 g/mol. The topological polar surface area (TPSA) is 118 Å². The summed E-state index contributed by atoms with van der Waals surface area (Å²) < 4.78 is 23.1. The number of piperidine rings is 1. The van der Waals surface area contributed by atoms with Crippen molar-refractivity contribution in [3.8, 4) is 0 Å². The molecule has 1 saturated heterocycles. The lowest BCUT2D eigenvalue weighted by Gasteiger charge is -2.27. The molecule has 138 valence electrons. The lowest BCUT2D eigenvalue weighted by molar-refractivity contribution is 0.0996. The molecule has 0 atom stereocenters. The van der Waals surface area contributed by atoms with Crippen LogP contribution in [0.4, 0.5) is 17.3 Å². The van der Waals surface area contributed by atoms with Crippen LogP contribution in [0.15, 0.2) is 35.4 Å². The molecule has 8 nitrogen and oxygen atoms in total. The van der Waals surface area contributed by atoms with E-state index in [1.54, 1.807) is 18.3 Å². The van der Waals surface area contributed by atoms with Crippen LogP contribution in [-0.2, 0) is 9.84 Å². The second kappa shape index (κ2) is 7.28. The molecule has 3 N–H and O–H groups in total. The van der Waals surface area contributed by atoms with E-state index in [9.17, 15) is 13.2 Å². The molecule has 0 unspecified atom stereocenters. The Labute approximate surface area is 152 Å². The van der Waals surface area contributed by atoms with Gasteiger partial charge in [0.25, 0.3) is 5.91 Å². The molecular formula is C17H21N5O3S. The van der Waals surface area contributed by atoms with E-state index in [2.05, 4.69) is 20.2 Å². The first kappa shape index (κ1) is 18.1. The van der Waals surface area contributed by atoms with Gasteiger partial charge in [-0.15, -0.1) is 0 Å². The van der Waals surface area contributed by atoms with Gasteiger partial charge >= 0.3 is 0 Å². The maximum Gasteiger partial charge on any atom is 0.271 e. The second-order valence-electron chi connectivity index (χ2n) is 6.26. The number of anilines is 3. The van der Waals surface area contributed by atoms with Crippen LogP contribution in [0.1, 0.15) is 29.8 Å². The summed E-state index contributed by atoms with van der Waals surface area (Å²) in [4.78, 5) is 22.7. The Hall–Kier alpha value is -2.68. The number of benzene rings is 1. The Kier molecular flexibility index (Phi) is 5.08. The van der Waals surface area contributed by atoms with Crippen LogP contribution in [0.25, 0.3) is 0 Å². The molecule has 2 aromatic rings. The lowest BCUT2D eigenvalue weighted by atomic mass is 10.1. The van der Waals surface area contributed by atoms with E-state index in [-0.39, 0.29) is 16.4 Å². The molecule has 9 heteroatoms. The van der Waals surface area contributed by atoms with Crippen molar-refractivity contribution in [1.82, 2.24) is 9.97 Å². The fourth-order valence-corrected chi connectivity index (χ4v) is 3.48. The van der Waals surface area contributed by atoms with Gasteiger partial charge in [-0.05, 0) is 43.5 Å². The molecular weight excluding hydrogens is 354 g/mol. The van der Waals surface area contributed by atoms with Crippen molar-refractivity contribution < 1.29 is 13.2 Å². The minimum absolute atomic E-state index is 0.0398. The summed E-state index contributed by atoms with van der Waals surface area (Å²) in [5.74, 6) is 0.260. The number of aromatic nitrogens is 2. The maximum absolute atomic E-state index is 11.7. The fourth-order valence-electron chi connectivity index (χ4n) is 2.84. The number of carbonyl (C=O) groups excluding carboxylic acids is 1. The summed E-state index contributed by atoms with van der Waals surface area (Å²) in [5.41, 5.74) is 6.03. The fraction of sp³-hybridized carbons (Fsp3) is 0.353. The average Bonchev–Trinajstić information content (AvgIpc) is 2.62. The minimum Gasteiger partial charge on any atom is -0.364 e. The number of rotatable bonds is 5. The molecule has 0 bridgehead atoms. The molecule has 1 aliphatic heterocycles. The summed E-state index contributed by atoms with van der Waals surface area (Å²) >= 11 is 0. The summed E-state index contributed by atoms with van der Waals surface area (Å²) in [7, 11) is -3.27. The van der Waals surface area contributed by atoms with Crippen molar-refractivity contribution >= 4 is 33.1 Å². The number of nitrogens with two attached hydrogens (primary N) is 1. The highest BCUT2D eigenvalue weighted by Crippen LogP contribution is 2.24. The number of sulfone groups is 1. The SMILES string of the molecule is CS(=O)(=O)c1ccc(Nc2nc(N3CCCCC3)cnc2C(N)=O)cc1. The van der Waals surface area contributed by atoms with Crippen LogP contribution in [-0.4, -0.2) is 43.6 Å². The van der Waals surface area contributed by atoms with E-state index in [0.29, 0.717) is 11.5 Å². The van der Waals surface area contributed by atoms with E-state index in [1.165, 1.54) is 18.6 Å². The Morgan fingerprint density at radius 3 is 2.38 bits per heavy atom. The van der Waals surface area contributed by atoms with Crippen LogP contribution >= 0.6 is 0 Å². The Balaban J connectivity index is 1.90. The molecule has 0 aliphatic carbocycles. The van der Waals surface area contributed by atoms with Gasteiger partial charge in [-0.1, -0.05) is 0 Å². The number of amides is 1. The zero-order chi connectivity index (χ0) is 18.7. The van der Waals surface area contributed by atoms with Crippen LogP contribution in [0.3, 0.4) is 0 Å². The van der Waals surface area contributed by atoms with E-state index >= 15 is 0 Å². The van der Waals surface area contributed by atoms with E-state index in [4.69, 9.17) is 5.73 Å². The van der Waals surface area contributed by atoms with Crippen LogP contribution in [0, 0.1) is 0 Å². The molecule has 0 saturated carbocycles. The van der Waals surface area contributed by atoms with E-state index in [0.717, 1.165) is 32.2 Å². The quantitative estimate of drug-likeness (QED) is 0.816. The molecule has 1 aliphatic rings. The maximum atomic E-state index is 11.7. The molecule has 26 heavy (non-hydrogen) atoms. The van der Waals surface area contributed by atoms with Crippen molar-refractivity contribution in [1.29, 1.82) is 0 Å². The van der Waals surface area contributed by atoms with Crippen LogP contribution in [0.2, 0.25) is 0 Å². The summed E-state index contributed by atoms with van der Waals surface area (Å²) in [6.45, 7) is 1.79. The van der Waals surface area contributed by atoms with Crippen molar-refractivity contribution in [2.75, 3.05) is 29.6 Å². The van der Waals surface area contributed by atoms with Gasteiger partial charge in [-0.3, -0.25) is 4.79 Å². The molecule has 1 fully saturated rings. The van der Waals surface area contributed by atoms with Crippen molar-refractivity contribution in [2.45, 2.75) is 24.2 Å². The second-order valence-corrected chi connectivity index (χ2v) is 8.27. The predicted molar refractivity (Wildman–Crippen MR) is 99.4 cm³/mol. The van der Waals surface area contributed by atoms with E-state index < -0.39 is 15.7 Å². The van der Waals surface area contributed by atoms with Gasteiger partial charge in [-0.25, -0.2) is 18.4 Å². The number of nitrogens with zero attached hydrogens (tertiary/aromatic N) is 3. The Bertz CT molecular complexity index is 906.